The van der Waals surface area contributed by atoms with Gasteiger partial charge in [-0.2, -0.15) is 0 Å². The number of hydrogen-bond acceptors (Lipinski definition) is 4. The number of aryl methyl sites for hydroxylation is 1. The van der Waals surface area contributed by atoms with Gasteiger partial charge in [-0.25, -0.2) is 4.79 Å². The largest absolute Gasteiger partial charge is 0.343 e. The van der Waals surface area contributed by atoms with E-state index in [1.807, 2.05) is 41.0 Å². The topological polar surface area (TPSA) is 83.4 Å². The molecule has 32 heavy (non-hydrogen) atoms. The zero-order valence-corrected chi connectivity index (χ0v) is 19.5. The average molecular weight is 459 g/mol. The monoisotopic (exact) mass is 458 g/mol. The van der Waals surface area contributed by atoms with Crippen molar-refractivity contribution in [2.45, 2.75) is 52.1 Å². The molecule has 2 aromatic rings. The van der Waals surface area contributed by atoms with Gasteiger partial charge < -0.3 is 19.7 Å². The van der Waals surface area contributed by atoms with Gasteiger partial charge in [0.25, 0.3) is 0 Å². The number of urea groups is 1. The second-order valence-corrected chi connectivity index (χ2v) is 9.27. The summed E-state index contributed by atoms with van der Waals surface area (Å²) in [7, 11) is 0. The number of likely N-dealkylation sites (tertiary alicyclic amines) is 2. The molecule has 2 atom stereocenters. The molecule has 0 radical (unpaired) electrons. The normalized spacial score (nSPS) is 21.1. The van der Waals surface area contributed by atoms with Crippen molar-refractivity contribution in [3.63, 3.8) is 0 Å². The first kappa shape index (κ1) is 22.6. The van der Waals surface area contributed by atoms with Gasteiger partial charge >= 0.3 is 6.03 Å². The van der Waals surface area contributed by atoms with E-state index in [9.17, 15) is 9.59 Å². The molecule has 1 unspecified atom stereocenters. The summed E-state index contributed by atoms with van der Waals surface area (Å²) in [6.45, 7) is 7.01. The van der Waals surface area contributed by atoms with Gasteiger partial charge in [0, 0.05) is 38.1 Å². The van der Waals surface area contributed by atoms with E-state index >= 15 is 0 Å². The quantitative estimate of drug-likeness (QED) is 0.744. The van der Waals surface area contributed by atoms with Gasteiger partial charge in [-0.3, -0.25) is 4.79 Å². The van der Waals surface area contributed by atoms with E-state index in [1.54, 1.807) is 6.92 Å². The number of piperidine rings is 1. The molecule has 0 aliphatic carbocycles. The number of aromatic nitrogens is 3. The summed E-state index contributed by atoms with van der Waals surface area (Å²) in [6.07, 6.45) is 3.82. The second-order valence-electron chi connectivity index (χ2n) is 8.83. The predicted octanol–water partition coefficient (Wildman–Crippen LogP) is 3.39. The number of carbonyl (C=O) groups excluding carboxylic acids is 2. The molecule has 2 aliphatic heterocycles. The van der Waals surface area contributed by atoms with Gasteiger partial charge in [0.15, 0.2) is 5.82 Å². The molecular weight excluding hydrogens is 428 g/mol. The van der Waals surface area contributed by atoms with E-state index in [0.29, 0.717) is 37.1 Å². The van der Waals surface area contributed by atoms with Gasteiger partial charge in [-0.05, 0) is 56.2 Å². The fourth-order valence-electron chi connectivity index (χ4n) is 4.74. The Hall–Kier alpha value is -2.61. The van der Waals surface area contributed by atoms with Crippen LogP contribution >= 0.6 is 11.6 Å². The van der Waals surface area contributed by atoms with E-state index in [4.69, 9.17) is 11.6 Å². The number of benzene rings is 1. The number of halogens is 1. The van der Waals surface area contributed by atoms with Gasteiger partial charge in [0.05, 0.1) is 12.6 Å². The van der Waals surface area contributed by atoms with Crippen molar-refractivity contribution in [3.8, 4) is 0 Å². The number of carbonyl (C=O) groups is 2. The minimum Gasteiger partial charge on any atom is -0.343 e. The highest BCUT2D eigenvalue weighted by atomic mass is 35.5. The Morgan fingerprint density at radius 1 is 1.12 bits per heavy atom. The molecule has 9 heteroatoms. The molecule has 1 aromatic carbocycles. The zero-order chi connectivity index (χ0) is 22.7. The van der Waals surface area contributed by atoms with Crippen molar-refractivity contribution in [3.05, 3.63) is 46.5 Å². The first-order valence-corrected chi connectivity index (χ1v) is 11.7. The van der Waals surface area contributed by atoms with Crippen LogP contribution in [0.5, 0.6) is 0 Å². The van der Waals surface area contributed by atoms with Crippen molar-refractivity contribution < 1.29 is 9.59 Å². The fraction of sp³-hybridized carbons (Fsp3) is 0.565. The van der Waals surface area contributed by atoms with Gasteiger partial charge in [-0.1, -0.05) is 23.7 Å². The van der Waals surface area contributed by atoms with Gasteiger partial charge in [-0.15, -0.1) is 10.2 Å². The van der Waals surface area contributed by atoms with E-state index in [2.05, 4.69) is 20.1 Å². The van der Waals surface area contributed by atoms with E-state index in [-0.39, 0.29) is 18.0 Å². The van der Waals surface area contributed by atoms with Crippen molar-refractivity contribution in [1.29, 1.82) is 0 Å². The maximum atomic E-state index is 13.1. The maximum absolute atomic E-state index is 13.1. The lowest BCUT2D eigenvalue weighted by Gasteiger charge is -2.33. The van der Waals surface area contributed by atoms with Crippen molar-refractivity contribution in [2.75, 3.05) is 26.2 Å². The highest BCUT2D eigenvalue weighted by molar-refractivity contribution is 6.30. The Kier molecular flexibility index (Phi) is 6.98. The maximum Gasteiger partial charge on any atom is 0.318 e. The minimum absolute atomic E-state index is 0.0638. The first-order valence-electron chi connectivity index (χ1n) is 11.4. The van der Waals surface area contributed by atoms with Crippen LogP contribution < -0.4 is 5.32 Å². The van der Waals surface area contributed by atoms with Crippen LogP contribution in [0, 0.1) is 12.8 Å². The molecule has 1 N–H and O–H groups in total. The highest BCUT2D eigenvalue weighted by Gasteiger charge is 2.34. The SMILES string of the molecule is CC(=O)N1CCCC(CNC(=O)N2CCC[C@@H]2c2nnc(C)n2Cc2ccc(Cl)cc2)C1. The van der Waals surface area contributed by atoms with Crippen LogP contribution in [0.3, 0.4) is 0 Å². The molecular formula is C23H31ClN6O2. The van der Waals surface area contributed by atoms with Crippen molar-refractivity contribution in [2.24, 2.45) is 5.92 Å². The number of nitrogens with zero attached hydrogens (tertiary/aromatic N) is 5. The molecule has 2 fully saturated rings. The summed E-state index contributed by atoms with van der Waals surface area (Å²) < 4.78 is 2.09. The smallest absolute Gasteiger partial charge is 0.318 e. The molecule has 172 valence electrons. The average Bonchev–Trinajstić information content (AvgIpc) is 3.41. The van der Waals surface area contributed by atoms with Crippen LogP contribution in [0.25, 0.3) is 0 Å². The van der Waals surface area contributed by atoms with Crippen LogP contribution in [0.1, 0.15) is 55.9 Å². The van der Waals surface area contributed by atoms with Crippen LogP contribution in [0.2, 0.25) is 5.02 Å². The van der Waals surface area contributed by atoms with Crippen LogP contribution in [0.15, 0.2) is 24.3 Å². The third-order valence-corrected chi connectivity index (χ3v) is 6.79. The lowest BCUT2D eigenvalue weighted by atomic mass is 9.98. The molecule has 8 nitrogen and oxygen atoms in total. The molecule has 3 heterocycles. The third kappa shape index (κ3) is 5.06. The summed E-state index contributed by atoms with van der Waals surface area (Å²) in [4.78, 5) is 28.5. The Bertz CT molecular complexity index is 960. The lowest BCUT2D eigenvalue weighted by molar-refractivity contribution is -0.130. The first-order chi connectivity index (χ1) is 15.4. The van der Waals surface area contributed by atoms with Gasteiger partial charge in [0.2, 0.25) is 5.91 Å². The molecule has 0 spiro atoms. The van der Waals surface area contributed by atoms with E-state index in [1.165, 1.54) is 0 Å². The number of hydrogen-bond donors (Lipinski definition) is 1. The summed E-state index contributed by atoms with van der Waals surface area (Å²) in [5.41, 5.74) is 1.11. The molecule has 0 saturated carbocycles. The predicted molar refractivity (Wildman–Crippen MR) is 122 cm³/mol. The Morgan fingerprint density at radius 2 is 1.88 bits per heavy atom. The van der Waals surface area contributed by atoms with E-state index in [0.717, 1.165) is 49.4 Å². The Balaban J connectivity index is 1.42. The molecule has 2 saturated heterocycles. The number of nitrogens with one attached hydrogen (secondary N) is 1. The van der Waals surface area contributed by atoms with Crippen LogP contribution in [-0.2, 0) is 11.3 Å². The van der Waals surface area contributed by atoms with Crippen LogP contribution in [0.4, 0.5) is 4.79 Å². The summed E-state index contributed by atoms with van der Waals surface area (Å²) in [5.74, 6) is 2.06. The molecule has 1 aromatic heterocycles. The Morgan fingerprint density at radius 3 is 2.62 bits per heavy atom. The molecule has 0 bridgehead atoms. The van der Waals surface area contributed by atoms with Crippen molar-refractivity contribution >= 4 is 23.5 Å². The molecule has 4 rings (SSSR count). The van der Waals surface area contributed by atoms with E-state index < -0.39 is 0 Å². The Labute approximate surface area is 193 Å². The zero-order valence-electron chi connectivity index (χ0n) is 18.8. The number of amides is 3. The molecule has 3 amide bonds. The van der Waals surface area contributed by atoms with Gasteiger partial charge in [0.1, 0.15) is 5.82 Å². The van der Waals surface area contributed by atoms with Crippen molar-refractivity contribution in [1.82, 2.24) is 29.9 Å². The third-order valence-electron chi connectivity index (χ3n) is 6.54. The van der Waals surface area contributed by atoms with Crippen LogP contribution in [-0.4, -0.2) is 62.7 Å². The highest BCUT2D eigenvalue weighted by Crippen LogP contribution is 2.31. The second kappa shape index (κ2) is 9.90. The number of rotatable bonds is 5. The standard InChI is InChI=1S/C23H31ClN6O2/c1-16-26-27-22(30(16)15-18-7-9-20(24)10-8-18)21-6-4-12-29(21)23(32)25-13-19-5-3-11-28(14-19)17(2)31/h7-10,19,21H,3-6,11-15H2,1-2H3,(H,25,32)/t19?,21-/m1/s1. The fourth-order valence-corrected chi connectivity index (χ4v) is 4.87. The lowest BCUT2D eigenvalue weighted by Crippen LogP contribution is -2.46. The summed E-state index contributed by atoms with van der Waals surface area (Å²) in [6, 6.07) is 7.60. The minimum atomic E-state index is -0.0939. The summed E-state index contributed by atoms with van der Waals surface area (Å²) in [5, 5.41) is 12.6. The molecule has 2 aliphatic rings. The summed E-state index contributed by atoms with van der Waals surface area (Å²) >= 11 is 6.02.